The van der Waals surface area contributed by atoms with Crippen molar-refractivity contribution in [2.75, 3.05) is 18.1 Å². The molecule has 3 aromatic carbocycles. The lowest BCUT2D eigenvalue weighted by Gasteiger charge is -2.22. The maximum absolute atomic E-state index is 13.5. The van der Waals surface area contributed by atoms with Crippen molar-refractivity contribution in [2.45, 2.75) is 13.3 Å². The van der Waals surface area contributed by atoms with Crippen molar-refractivity contribution < 1.29 is 14.3 Å². The summed E-state index contributed by atoms with van der Waals surface area (Å²) >= 11 is 0. The molecule has 186 valence electrons. The molecule has 1 aromatic heterocycles. The monoisotopic (exact) mass is 505 g/mol. The van der Waals surface area contributed by atoms with Crippen LogP contribution in [0, 0.1) is 5.41 Å². The molecule has 0 aliphatic heterocycles. The normalized spacial score (nSPS) is 10.5. The quantitative estimate of drug-likeness (QED) is 0.213. The number of fused-ring (bicyclic) bond motifs is 1. The first-order chi connectivity index (χ1) is 16.9. The molecule has 0 atom stereocenters. The molecule has 9 heteroatoms. The molecule has 0 aliphatic carbocycles. The molecule has 36 heavy (non-hydrogen) atoms. The Morgan fingerprint density at radius 3 is 2.33 bits per heavy atom. The highest BCUT2D eigenvalue weighted by Gasteiger charge is 2.22. The van der Waals surface area contributed by atoms with Gasteiger partial charge in [-0.15, -0.1) is 12.4 Å². The average Bonchev–Trinajstić information content (AvgIpc) is 3.17. The Bertz CT molecular complexity index is 1380. The van der Waals surface area contributed by atoms with Gasteiger partial charge in [0.25, 0.3) is 5.91 Å². The van der Waals surface area contributed by atoms with Gasteiger partial charge >= 0.3 is 5.97 Å². The molecule has 0 saturated carbocycles. The zero-order chi connectivity index (χ0) is 24.9. The molecular formula is C27H28ClN5O3. The van der Waals surface area contributed by atoms with E-state index in [9.17, 15) is 9.59 Å². The summed E-state index contributed by atoms with van der Waals surface area (Å²) in [6, 6.07) is 21.9. The number of hydrogen-bond donors (Lipinski definition) is 2. The number of imidazole rings is 1. The van der Waals surface area contributed by atoms with Gasteiger partial charge in [0, 0.05) is 30.3 Å². The summed E-state index contributed by atoms with van der Waals surface area (Å²) in [5.41, 5.74) is 9.88. The van der Waals surface area contributed by atoms with E-state index in [1.54, 1.807) is 31.2 Å². The molecule has 0 unspecified atom stereocenters. The fourth-order valence-corrected chi connectivity index (χ4v) is 3.91. The molecule has 4 aromatic rings. The third-order valence-corrected chi connectivity index (χ3v) is 5.75. The van der Waals surface area contributed by atoms with Gasteiger partial charge in [-0.1, -0.05) is 42.5 Å². The third-order valence-electron chi connectivity index (χ3n) is 5.75. The van der Waals surface area contributed by atoms with Gasteiger partial charge in [-0.25, -0.2) is 4.98 Å². The Morgan fingerprint density at radius 1 is 1.03 bits per heavy atom. The SMILES string of the molecule is CCOC(=O)CN(C(=O)c1ccc2c(c1)nc(Cc1ccc(C(=N)N)cc1)n2C)c1ccccc1.Cl. The number of halogens is 1. The molecule has 0 fully saturated rings. The van der Waals surface area contributed by atoms with Crippen LogP contribution in [0.2, 0.25) is 0 Å². The van der Waals surface area contributed by atoms with Crippen LogP contribution in [-0.2, 0) is 23.0 Å². The summed E-state index contributed by atoms with van der Waals surface area (Å²) in [5, 5.41) is 7.54. The van der Waals surface area contributed by atoms with Crippen molar-refractivity contribution in [1.29, 1.82) is 5.41 Å². The molecule has 0 spiro atoms. The Kier molecular flexibility index (Phi) is 8.45. The molecule has 0 radical (unpaired) electrons. The van der Waals surface area contributed by atoms with Crippen molar-refractivity contribution in [3.63, 3.8) is 0 Å². The number of ether oxygens (including phenoxy) is 1. The number of nitrogens with zero attached hydrogens (tertiary/aromatic N) is 3. The second-order valence-electron chi connectivity index (χ2n) is 8.11. The van der Waals surface area contributed by atoms with Crippen LogP contribution in [0.1, 0.15) is 34.2 Å². The van der Waals surface area contributed by atoms with Crippen LogP contribution < -0.4 is 10.6 Å². The lowest BCUT2D eigenvalue weighted by molar-refractivity contribution is -0.141. The number of nitrogens with one attached hydrogen (secondary N) is 1. The van der Waals surface area contributed by atoms with Crippen molar-refractivity contribution in [2.24, 2.45) is 12.8 Å². The zero-order valence-electron chi connectivity index (χ0n) is 20.1. The number of nitrogen functional groups attached to an aromatic ring is 1. The van der Waals surface area contributed by atoms with Crippen molar-refractivity contribution in [3.05, 3.63) is 95.3 Å². The Balaban J connectivity index is 0.00000361. The summed E-state index contributed by atoms with van der Waals surface area (Å²) in [4.78, 5) is 31.8. The van der Waals surface area contributed by atoms with Crippen LogP contribution in [0.15, 0.2) is 72.8 Å². The summed E-state index contributed by atoms with van der Waals surface area (Å²) < 4.78 is 7.08. The van der Waals surface area contributed by atoms with Crippen LogP contribution in [0.3, 0.4) is 0 Å². The summed E-state index contributed by atoms with van der Waals surface area (Å²) in [5.74, 6) is 0.0930. The number of aromatic nitrogens is 2. The van der Waals surface area contributed by atoms with Crippen LogP contribution in [0.25, 0.3) is 11.0 Å². The summed E-state index contributed by atoms with van der Waals surface area (Å²) in [7, 11) is 1.94. The molecule has 0 saturated heterocycles. The minimum absolute atomic E-state index is 0. The lowest BCUT2D eigenvalue weighted by atomic mass is 10.1. The maximum atomic E-state index is 13.5. The predicted octanol–water partition coefficient (Wildman–Crippen LogP) is 4.08. The number of nitrogens with two attached hydrogens (primary N) is 1. The highest BCUT2D eigenvalue weighted by atomic mass is 35.5. The van der Waals surface area contributed by atoms with E-state index in [1.807, 2.05) is 60.1 Å². The molecule has 0 aliphatic rings. The van der Waals surface area contributed by atoms with E-state index >= 15 is 0 Å². The molecular weight excluding hydrogens is 478 g/mol. The lowest BCUT2D eigenvalue weighted by Crippen LogP contribution is -2.36. The Labute approximate surface area is 215 Å². The van der Waals surface area contributed by atoms with Crippen LogP contribution in [0.4, 0.5) is 5.69 Å². The van der Waals surface area contributed by atoms with Crippen LogP contribution >= 0.6 is 12.4 Å². The van der Waals surface area contributed by atoms with Crippen molar-refractivity contribution in [1.82, 2.24) is 9.55 Å². The number of benzene rings is 3. The van der Waals surface area contributed by atoms with E-state index in [2.05, 4.69) is 0 Å². The number of aryl methyl sites for hydroxylation is 1. The van der Waals surface area contributed by atoms with E-state index in [0.717, 1.165) is 16.9 Å². The molecule has 4 rings (SSSR count). The van der Waals surface area contributed by atoms with Crippen LogP contribution in [0.5, 0.6) is 0 Å². The predicted molar refractivity (Wildman–Crippen MR) is 143 cm³/mol. The number of hydrogen-bond acceptors (Lipinski definition) is 5. The first-order valence-electron chi connectivity index (χ1n) is 11.3. The van der Waals surface area contributed by atoms with Gasteiger partial charge in [-0.05, 0) is 42.8 Å². The minimum Gasteiger partial charge on any atom is -0.465 e. The third kappa shape index (κ3) is 5.72. The highest BCUT2D eigenvalue weighted by Crippen LogP contribution is 2.22. The van der Waals surface area contributed by atoms with E-state index in [4.69, 9.17) is 20.9 Å². The average molecular weight is 506 g/mol. The largest absolute Gasteiger partial charge is 0.465 e. The van der Waals surface area contributed by atoms with E-state index in [-0.39, 0.29) is 37.3 Å². The molecule has 1 amide bonds. The fraction of sp³-hybridized carbons (Fsp3) is 0.185. The first kappa shape index (κ1) is 26.4. The van der Waals surface area contributed by atoms with E-state index < -0.39 is 5.97 Å². The second-order valence-corrected chi connectivity index (χ2v) is 8.11. The summed E-state index contributed by atoms with van der Waals surface area (Å²) in [6.07, 6.45) is 0.589. The number of anilines is 1. The smallest absolute Gasteiger partial charge is 0.326 e. The maximum Gasteiger partial charge on any atom is 0.326 e. The Hall–Kier alpha value is -4.17. The number of carbonyl (C=O) groups excluding carboxylic acids is 2. The second kappa shape index (κ2) is 11.5. The fourth-order valence-electron chi connectivity index (χ4n) is 3.91. The zero-order valence-corrected chi connectivity index (χ0v) is 20.9. The minimum atomic E-state index is -0.471. The number of amides is 1. The number of para-hydroxylation sites is 1. The molecule has 0 bridgehead atoms. The van der Waals surface area contributed by atoms with Crippen molar-refractivity contribution in [3.8, 4) is 0 Å². The summed E-state index contributed by atoms with van der Waals surface area (Å²) in [6.45, 7) is 1.80. The van der Waals surface area contributed by atoms with Gasteiger partial charge in [0.2, 0.25) is 0 Å². The topological polar surface area (TPSA) is 114 Å². The number of esters is 1. The van der Waals surface area contributed by atoms with Gasteiger partial charge in [0.05, 0.1) is 17.6 Å². The van der Waals surface area contributed by atoms with Crippen LogP contribution in [-0.4, -0.2) is 40.4 Å². The number of amidine groups is 1. The van der Waals surface area contributed by atoms with Gasteiger partial charge in [-0.3, -0.25) is 19.9 Å². The van der Waals surface area contributed by atoms with E-state index in [0.29, 0.717) is 28.8 Å². The van der Waals surface area contributed by atoms with Crippen molar-refractivity contribution >= 4 is 46.8 Å². The number of carbonyl (C=O) groups is 2. The van der Waals surface area contributed by atoms with Gasteiger partial charge in [-0.2, -0.15) is 0 Å². The molecule has 8 nitrogen and oxygen atoms in total. The van der Waals surface area contributed by atoms with E-state index in [1.165, 1.54) is 4.90 Å². The number of rotatable bonds is 8. The van der Waals surface area contributed by atoms with Gasteiger partial charge in [0.15, 0.2) is 0 Å². The first-order valence-corrected chi connectivity index (χ1v) is 11.3. The standard InChI is InChI=1S/C27H27N5O3.ClH/c1-3-35-25(33)17-32(21-7-5-4-6-8-21)27(34)20-13-14-23-22(16-20)30-24(31(23)2)15-18-9-11-19(12-10-18)26(28)29;/h4-14,16H,3,15,17H2,1-2H3,(H3,28,29);1H. The Morgan fingerprint density at radius 2 is 1.69 bits per heavy atom. The van der Waals surface area contributed by atoms with Gasteiger partial charge < -0.3 is 15.0 Å². The highest BCUT2D eigenvalue weighted by molar-refractivity contribution is 6.09. The molecule has 1 heterocycles. The molecule has 3 N–H and O–H groups in total. The van der Waals surface area contributed by atoms with Gasteiger partial charge in [0.1, 0.15) is 18.2 Å².